The number of carbonyl (C=O) groups excluding carboxylic acids is 1. The standard InChI is InChI=1S/C22H21ClF2N6O/c1-14-3-5-17(20-26-8-2-9-27-20)19(30-14)21(32)31-10-7-22(24,25)11-16(31)13-29-18-6-4-15(23)12-28-18/h2-6,8-9,12,16H,7,10-11,13H2,1H3,(H,28,29). The van der Waals surface area contributed by atoms with E-state index in [1.807, 2.05) is 0 Å². The number of anilines is 1. The molecule has 4 rings (SSSR count). The lowest BCUT2D eigenvalue weighted by Gasteiger charge is -2.39. The third-order valence-corrected chi connectivity index (χ3v) is 5.47. The van der Waals surface area contributed by atoms with Crippen LogP contribution in [0.25, 0.3) is 11.4 Å². The molecule has 4 heterocycles. The molecule has 3 aromatic heterocycles. The van der Waals surface area contributed by atoms with Crippen LogP contribution < -0.4 is 5.32 Å². The summed E-state index contributed by atoms with van der Waals surface area (Å²) in [5.41, 5.74) is 1.25. The van der Waals surface area contributed by atoms with Crippen molar-refractivity contribution in [3.63, 3.8) is 0 Å². The van der Waals surface area contributed by atoms with Crippen molar-refractivity contribution in [2.75, 3.05) is 18.4 Å². The van der Waals surface area contributed by atoms with Crippen molar-refractivity contribution in [2.24, 2.45) is 0 Å². The van der Waals surface area contributed by atoms with Crippen LogP contribution in [0.4, 0.5) is 14.6 Å². The Balaban J connectivity index is 1.62. The van der Waals surface area contributed by atoms with E-state index in [2.05, 4.69) is 25.3 Å². The molecule has 0 radical (unpaired) electrons. The van der Waals surface area contributed by atoms with E-state index < -0.39 is 30.7 Å². The zero-order valence-corrected chi connectivity index (χ0v) is 18.1. The number of hydrogen-bond acceptors (Lipinski definition) is 6. The van der Waals surface area contributed by atoms with Gasteiger partial charge >= 0.3 is 0 Å². The number of rotatable bonds is 5. The van der Waals surface area contributed by atoms with Crippen LogP contribution in [-0.2, 0) is 0 Å². The van der Waals surface area contributed by atoms with E-state index >= 15 is 0 Å². The third-order valence-electron chi connectivity index (χ3n) is 5.24. The number of piperidine rings is 1. The molecule has 1 aliphatic heterocycles. The minimum absolute atomic E-state index is 0.0864. The highest BCUT2D eigenvalue weighted by Crippen LogP contribution is 2.33. The van der Waals surface area contributed by atoms with Gasteiger partial charge < -0.3 is 10.2 Å². The van der Waals surface area contributed by atoms with Crippen LogP contribution in [0.3, 0.4) is 0 Å². The fourth-order valence-electron chi connectivity index (χ4n) is 3.65. The van der Waals surface area contributed by atoms with Crippen molar-refractivity contribution in [3.8, 4) is 11.4 Å². The number of pyridine rings is 2. The number of carbonyl (C=O) groups is 1. The first kappa shape index (κ1) is 22.0. The second-order valence-electron chi connectivity index (χ2n) is 7.63. The molecule has 0 aromatic carbocycles. The number of amides is 1. The fourth-order valence-corrected chi connectivity index (χ4v) is 3.76. The van der Waals surface area contributed by atoms with Gasteiger partial charge in [0.1, 0.15) is 11.5 Å². The van der Waals surface area contributed by atoms with E-state index in [0.29, 0.717) is 27.9 Å². The van der Waals surface area contributed by atoms with Crippen molar-refractivity contribution in [2.45, 2.75) is 31.7 Å². The van der Waals surface area contributed by atoms with Gasteiger partial charge in [-0.25, -0.2) is 28.7 Å². The second kappa shape index (κ2) is 9.12. The van der Waals surface area contributed by atoms with Crippen molar-refractivity contribution < 1.29 is 13.6 Å². The number of alkyl halides is 2. The van der Waals surface area contributed by atoms with E-state index in [1.165, 1.54) is 11.1 Å². The average molecular weight is 459 g/mol. The summed E-state index contributed by atoms with van der Waals surface area (Å²) in [4.78, 5) is 32.0. The predicted octanol–water partition coefficient (Wildman–Crippen LogP) is 4.25. The molecule has 1 atom stereocenters. The molecule has 10 heteroatoms. The van der Waals surface area contributed by atoms with E-state index in [0.717, 1.165) is 0 Å². The highest BCUT2D eigenvalue weighted by atomic mass is 35.5. The first-order chi connectivity index (χ1) is 15.3. The van der Waals surface area contributed by atoms with Gasteiger partial charge in [-0.05, 0) is 37.3 Å². The maximum absolute atomic E-state index is 14.2. The largest absolute Gasteiger partial charge is 0.368 e. The summed E-state index contributed by atoms with van der Waals surface area (Å²) in [6, 6.07) is 7.72. The normalized spacial score (nSPS) is 17.8. The number of aromatic nitrogens is 4. The maximum Gasteiger partial charge on any atom is 0.273 e. The molecule has 7 nitrogen and oxygen atoms in total. The van der Waals surface area contributed by atoms with E-state index in [-0.39, 0.29) is 18.8 Å². The number of hydrogen-bond donors (Lipinski definition) is 1. The van der Waals surface area contributed by atoms with Crippen LogP contribution in [0, 0.1) is 6.92 Å². The van der Waals surface area contributed by atoms with Crippen molar-refractivity contribution in [1.29, 1.82) is 0 Å². The van der Waals surface area contributed by atoms with Gasteiger partial charge in [0.05, 0.1) is 16.6 Å². The summed E-state index contributed by atoms with van der Waals surface area (Å²) in [6.45, 7) is 1.79. The lowest BCUT2D eigenvalue weighted by Crippen LogP contribution is -2.52. The van der Waals surface area contributed by atoms with Crippen LogP contribution in [0.2, 0.25) is 5.02 Å². The molecule has 0 bridgehead atoms. The van der Waals surface area contributed by atoms with Crippen LogP contribution in [0.15, 0.2) is 48.9 Å². The summed E-state index contributed by atoms with van der Waals surface area (Å²) in [5, 5.41) is 3.50. The van der Waals surface area contributed by atoms with Gasteiger partial charge in [-0.3, -0.25) is 4.79 Å². The van der Waals surface area contributed by atoms with Gasteiger partial charge in [-0.1, -0.05) is 11.6 Å². The smallest absolute Gasteiger partial charge is 0.273 e. The highest BCUT2D eigenvalue weighted by molar-refractivity contribution is 6.30. The monoisotopic (exact) mass is 458 g/mol. The number of halogens is 3. The molecule has 1 saturated heterocycles. The molecule has 3 aromatic rings. The number of aryl methyl sites for hydroxylation is 1. The van der Waals surface area contributed by atoms with Crippen molar-refractivity contribution in [1.82, 2.24) is 24.8 Å². The van der Waals surface area contributed by atoms with E-state index in [1.54, 1.807) is 49.6 Å². The summed E-state index contributed by atoms with van der Waals surface area (Å²) in [7, 11) is 0. The molecule has 0 spiro atoms. The first-order valence-electron chi connectivity index (χ1n) is 10.1. The predicted molar refractivity (Wildman–Crippen MR) is 117 cm³/mol. The van der Waals surface area contributed by atoms with Gasteiger partial charge in [-0.2, -0.15) is 0 Å². The summed E-state index contributed by atoms with van der Waals surface area (Å²) in [6.07, 6.45) is 3.75. The Bertz CT molecular complexity index is 1100. The minimum atomic E-state index is -2.86. The van der Waals surface area contributed by atoms with Crippen LogP contribution in [0.5, 0.6) is 0 Å². The average Bonchev–Trinajstić information content (AvgIpc) is 2.78. The number of nitrogens with zero attached hydrogens (tertiary/aromatic N) is 5. The summed E-state index contributed by atoms with van der Waals surface area (Å²) >= 11 is 5.85. The molecule has 1 unspecified atom stereocenters. The quantitative estimate of drug-likeness (QED) is 0.615. The summed E-state index contributed by atoms with van der Waals surface area (Å²) in [5.74, 6) is -2.45. The third kappa shape index (κ3) is 4.99. The van der Waals surface area contributed by atoms with E-state index in [4.69, 9.17) is 11.6 Å². The Morgan fingerprint density at radius 1 is 1.22 bits per heavy atom. The van der Waals surface area contributed by atoms with Gasteiger partial charge in [-0.15, -0.1) is 0 Å². The Morgan fingerprint density at radius 2 is 2.00 bits per heavy atom. The molecule has 0 aliphatic carbocycles. The zero-order valence-electron chi connectivity index (χ0n) is 17.3. The molecule has 1 fully saturated rings. The minimum Gasteiger partial charge on any atom is -0.368 e. The SMILES string of the molecule is Cc1ccc(-c2ncccn2)c(C(=O)N2CCC(F)(F)CC2CNc2ccc(Cl)cn2)n1. The molecule has 166 valence electrons. The number of nitrogens with one attached hydrogen (secondary N) is 1. The first-order valence-corrected chi connectivity index (χ1v) is 10.5. The van der Waals surface area contributed by atoms with Crippen LogP contribution >= 0.6 is 11.6 Å². The van der Waals surface area contributed by atoms with Crippen molar-refractivity contribution in [3.05, 3.63) is 65.3 Å². The molecule has 1 N–H and O–H groups in total. The molecule has 1 aliphatic rings. The lowest BCUT2D eigenvalue weighted by molar-refractivity contribution is -0.0675. The maximum atomic E-state index is 14.2. The molecule has 32 heavy (non-hydrogen) atoms. The molecular weight excluding hydrogens is 438 g/mol. The van der Waals surface area contributed by atoms with Crippen LogP contribution in [-0.4, -0.2) is 55.8 Å². The van der Waals surface area contributed by atoms with Crippen LogP contribution in [0.1, 0.15) is 29.0 Å². The van der Waals surface area contributed by atoms with Gasteiger partial charge in [0.15, 0.2) is 5.82 Å². The Kier molecular flexibility index (Phi) is 6.27. The Morgan fingerprint density at radius 3 is 2.72 bits per heavy atom. The lowest BCUT2D eigenvalue weighted by atomic mass is 9.97. The van der Waals surface area contributed by atoms with Crippen molar-refractivity contribution >= 4 is 23.3 Å². The number of likely N-dealkylation sites (tertiary alicyclic amines) is 1. The van der Waals surface area contributed by atoms with Gasteiger partial charge in [0.25, 0.3) is 11.8 Å². The molecule has 0 saturated carbocycles. The van der Waals surface area contributed by atoms with E-state index in [9.17, 15) is 13.6 Å². The summed E-state index contributed by atoms with van der Waals surface area (Å²) < 4.78 is 28.5. The Labute approximate surface area is 188 Å². The second-order valence-corrected chi connectivity index (χ2v) is 8.06. The van der Waals surface area contributed by atoms with Gasteiger partial charge in [0, 0.05) is 50.2 Å². The van der Waals surface area contributed by atoms with Gasteiger partial charge in [0.2, 0.25) is 0 Å². The molecule has 1 amide bonds. The highest BCUT2D eigenvalue weighted by Gasteiger charge is 2.42. The topological polar surface area (TPSA) is 83.9 Å². The zero-order chi connectivity index (χ0) is 22.7. The molecular formula is C22H21ClF2N6O. The Hall–Kier alpha value is -3.20. The fraction of sp³-hybridized carbons (Fsp3) is 0.318.